The van der Waals surface area contributed by atoms with E-state index in [4.69, 9.17) is 4.74 Å². The predicted octanol–water partition coefficient (Wildman–Crippen LogP) is 3.54. The van der Waals surface area contributed by atoms with E-state index in [1.54, 1.807) is 4.68 Å². The van der Waals surface area contributed by atoms with E-state index in [9.17, 15) is 21.6 Å². The van der Waals surface area contributed by atoms with E-state index in [1.165, 1.54) is 28.8 Å². The zero-order chi connectivity index (χ0) is 20.8. The van der Waals surface area contributed by atoms with Crippen molar-refractivity contribution < 1.29 is 26.3 Å². The molecule has 1 aromatic carbocycles. The summed E-state index contributed by atoms with van der Waals surface area (Å²) in [5.74, 6) is 0.223. The molecule has 10 heteroatoms. The van der Waals surface area contributed by atoms with Crippen molar-refractivity contribution in [1.29, 1.82) is 0 Å². The fourth-order valence-electron chi connectivity index (χ4n) is 4.35. The van der Waals surface area contributed by atoms with Crippen LogP contribution in [0.1, 0.15) is 31.7 Å². The van der Waals surface area contributed by atoms with Crippen molar-refractivity contribution in [2.45, 2.75) is 55.9 Å². The fourth-order valence-corrected chi connectivity index (χ4v) is 6.20. The Hall–Kier alpha value is -2.07. The van der Waals surface area contributed by atoms with Crippen LogP contribution in [0, 0.1) is 5.92 Å². The van der Waals surface area contributed by atoms with E-state index in [2.05, 4.69) is 5.10 Å². The molecule has 2 heterocycles. The average Bonchev–Trinajstić information content (AvgIpc) is 3.41. The summed E-state index contributed by atoms with van der Waals surface area (Å²) in [6, 6.07) is 4.15. The van der Waals surface area contributed by atoms with Gasteiger partial charge in [-0.2, -0.15) is 22.6 Å². The summed E-state index contributed by atoms with van der Waals surface area (Å²) in [5, 5.41) is 4.06. The Kier molecular flexibility index (Phi) is 5.10. The standard InChI is InChI=1S/C19H22F3N3O3S/c1-2-24-11-17(10-23-24)29(26,27)25-15-7-6-13(8-15)18(25)12-28-16-5-3-4-14(9-16)19(20,21)22/h3-5,9-11,13,15,18H,2,6-8,12H2,1H3/t13-,15+,18+/m0/s1. The van der Waals surface area contributed by atoms with Gasteiger partial charge in [-0.05, 0) is 50.3 Å². The molecule has 0 spiro atoms. The third kappa shape index (κ3) is 3.75. The highest BCUT2D eigenvalue weighted by Gasteiger charge is 2.52. The topological polar surface area (TPSA) is 64.4 Å². The quantitative estimate of drug-likeness (QED) is 0.705. The third-order valence-electron chi connectivity index (χ3n) is 5.77. The second kappa shape index (κ2) is 7.32. The maximum Gasteiger partial charge on any atom is 0.416 e. The number of sulfonamides is 1. The van der Waals surface area contributed by atoms with Crippen LogP contribution in [0.3, 0.4) is 0 Å². The normalized spacial score (nSPS) is 24.9. The highest BCUT2D eigenvalue weighted by Crippen LogP contribution is 2.45. The molecule has 6 nitrogen and oxygen atoms in total. The summed E-state index contributed by atoms with van der Waals surface area (Å²) >= 11 is 0. The number of piperidine rings is 1. The maximum atomic E-state index is 13.2. The van der Waals surface area contributed by atoms with Gasteiger partial charge in [0.05, 0.1) is 17.8 Å². The first kappa shape index (κ1) is 20.2. The molecular weight excluding hydrogens is 407 g/mol. The molecule has 1 saturated heterocycles. The van der Waals surface area contributed by atoms with Crippen molar-refractivity contribution in [3.05, 3.63) is 42.2 Å². The van der Waals surface area contributed by atoms with Crippen molar-refractivity contribution in [1.82, 2.24) is 14.1 Å². The number of rotatable bonds is 6. The number of aromatic nitrogens is 2. The highest BCUT2D eigenvalue weighted by molar-refractivity contribution is 7.89. The van der Waals surface area contributed by atoms with Gasteiger partial charge in [0.15, 0.2) is 0 Å². The summed E-state index contributed by atoms with van der Waals surface area (Å²) in [6.07, 6.45) is 0.813. The summed E-state index contributed by atoms with van der Waals surface area (Å²) in [7, 11) is -3.75. The lowest BCUT2D eigenvalue weighted by atomic mass is 10.0. The minimum atomic E-state index is -4.46. The molecule has 0 N–H and O–H groups in total. The van der Waals surface area contributed by atoms with Gasteiger partial charge in [0.2, 0.25) is 10.0 Å². The minimum Gasteiger partial charge on any atom is -0.492 e. The van der Waals surface area contributed by atoms with Gasteiger partial charge in [-0.3, -0.25) is 4.68 Å². The molecule has 3 atom stereocenters. The Morgan fingerprint density at radius 1 is 1.28 bits per heavy atom. The van der Waals surface area contributed by atoms with Crippen LogP contribution in [0.15, 0.2) is 41.6 Å². The molecule has 2 bridgehead atoms. The Bertz CT molecular complexity index is 990. The Labute approximate surface area is 167 Å². The van der Waals surface area contributed by atoms with Gasteiger partial charge in [-0.25, -0.2) is 8.42 Å². The number of aryl methyl sites for hydroxylation is 1. The largest absolute Gasteiger partial charge is 0.492 e. The number of nitrogens with zero attached hydrogens (tertiary/aromatic N) is 3. The number of ether oxygens (including phenoxy) is 1. The molecule has 1 aromatic heterocycles. The molecule has 4 rings (SSSR count). The van der Waals surface area contributed by atoms with Crippen LogP contribution in [0.4, 0.5) is 13.2 Å². The van der Waals surface area contributed by atoms with Gasteiger partial charge in [-0.15, -0.1) is 0 Å². The molecule has 0 unspecified atom stereocenters. The van der Waals surface area contributed by atoms with Gasteiger partial charge in [0.25, 0.3) is 0 Å². The van der Waals surface area contributed by atoms with Crippen LogP contribution in [-0.4, -0.2) is 41.2 Å². The monoisotopic (exact) mass is 429 g/mol. The summed E-state index contributed by atoms with van der Waals surface area (Å²) in [6.45, 7) is 2.44. The molecule has 2 fully saturated rings. The Morgan fingerprint density at radius 2 is 2.07 bits per heavy atom. The third-order valence-corrected chi connectivity index (χ3v) is 7.70. The van der Waals surface area contributed by atoms with Crippen LogP contribution >= 0.6 is 0 Å². The van der Waals surface area contributed by atoms with Crippen LogP contribution in [-0.2, 0) is 22.7 Å². The van der Waals surface area contributed by atoms with Gasteiger partial charge in [-0.1, -0.05) is 6.07 Å². The summed E-state index contributed by atoms with van der Waals surface area (Å²) < 4.78 is 73.9. The van der Waals surface area contributed by atoms with Gasteiger partial charge in [0.1, 0.15) is 17.3 Å². The molecule has 0 radical (unpaired) electrons. The van der Waals surface area contributed by atoms with Crippen molar-refractivity contribution in [2.24, 2.45) is 5.92 Å². The average molecular weight is 429 g/mol. The number of fused-ring (bicyclic) bond motifs is 2. The van der Waals surface area contributed by atoms with E-state index >= 15 is 0 Å². The summed E-state index contributed by atoms with van der Waals surface area (Å²) in [5.41, 5.74) is -0.792. The molecule has 2 aliphatic rings. The van der Waals surface area contributed by atoms with E-state index in [1.807, 2.05) is 6.92 Å². The molecule has 2 aromatic rings. The lowest BCUT2D eigenvalue weighted by Gasteiger charge is -2.33. The number of alkyl halides is 3. The number of hydrogen-bond acceptors (Lipinski definition) is 4. The van der Waals surface area contributed by atoms with Crippen LogP contribution in [0.2, 0.25) is 0 Å². The van der Waals surface area contributed by atoms with Crippen LogP contribution in [0.25, 0.3) is 0 Å². The first-order chi connectivity index (χ1) is 13.7. The number of benzene rings is 1. The predicted molar refractivity (Wildman–Crippen MR) is 98.8 cm³/mol. The zero-order valence-corrected chi connectivity index (χ0v) is 16.7. The van der Waals surface area contributed by atoms with Crippen molar-refractivity contribution in [3.63, 3.8) is 0 Å². The van der Waals surface area contributed by atoms with Crippen LogP contribution < -0.4 is 4.74 Å². The lowest BCUT2D eigenvalue weighted by Crippen LogP contribution is -2.47. The van der Waals surface area contributed by atoms with E-state index in [0.29, 0.717) is 6.54 Å². The summed E-state index contributed by atoms with van der Waals surface area (Å²) in [4.78, 5) is 0.135. The first-order valence-corrected chi connectivity index (χ1v) is 11.0. The first-order valence-electron chi connectivity index (χ1n) is 9.56. The smallest absolute Gasteiger partial charge is 0.416 e. The molecular formula is C19H22F3N3O3S. The van der Waals surface area contributed by atoms with Crippen molar-refractivity contribution in [3.8, 4) is 5.75 Å². The second-order valence-electron chi connectivity index (χ2n) is 7.50. The zero-order valence-electron chi connectivity index (χ0n) is 15.8. The highest BCUT2D eigenvalue weighted by atomic mass is 32.2. The molecule has 1 aliphatic heterocycles. The Morgan fingerprint density at radius 3 is 2.76 bits per heavy atom. The van der Waals surface area contributed by atoms with Gasteiger partial charge >= 0.3 is 6.18 Å². The van der Waals surface area contributed by atoms with E-state index < -0.39 is 27.8 Å². The van der Waals surface area contributed by atoms with Gasteiger partial charge in [0, 0.05) is 18.8 Å². The van der Waals surface area contributed by atoms with Gasteiger partial charge < -0.3 is 4.74 Å². The molecule has 29 heavy (non-hydrogen) atoms. The second-order valence-corrected chi connectivity index (χ2v) is 9.34. The molecule has 1 saturated carbocycles. The van der Waals surface area contributed by atoms with Crippen molar-refractivity contribution in [2.75, 3.05) is 6.61 Å². The molecule has 0 amide bonds. The van der Waals surface area contributed by atoms with Crippen molar-refractivity contribution >= 4 is 10.0 Å². The number of halogens is 3. The Balaban J connectivity index is 1.55. The van der Waals surface area contributed by atoms with Crippen LogP contribution in [0.5, 0.6) is 5.75 Å². The maximum absolute atomic E-state index is 13.2. The SMILES string of the molecule is CCn1cc(S(=O)(=O)N2[C@@H]3CC[C@@H](C3)[C@H]2COc2cccc(C(F)(F)F)c2)cn1. The fraction of sp³-hybridized carbons (Fsp3) is 0.526. The molecule has 1 aliphatic carbocycles. The minimum absolute atomic E-state index is 0.0175. The number of hydrogen-bond donors (Lipinski definition) is 0. The van der Waals surface area contributed by atoms with E-state index in [-0.39, 0.29) is 29.2 Å². The molecule has 158 valence electrons. The van der Waals surface area contributed by atoms with E-state index in [0.717, 1.165) is 31.4 Å². The lowest BCUT2D eigenvalue weighted by molar-refractivity contribution is -0.137.